The SMILES string of the molecule is Cc1cccc(CCNC(=O)C2C(C)(C)C2(C)C)n1. The van der Waals surface area contributed by atoms with Crippen LogP contribution in [0, 0.1) is 23.7 Å². The number of carbonyl (C=O) groups excluding carboxylic acids is 1. The van der Waals surface area contributed by atoms with E-state index in [1.807, 2.05) is 25.1 Å². The van der Waals surface area contributed by atoms with Crippen molar-refractivity contribution in [1.29, 1.82) is 0 Å². The molecule has 1 heterocycles. The second-order valence-electron chi connectivity index (χ2n) is 6.69. The molecule has 0 aromatic carbocycles. The third-order valence-electron chi connectivity index (χ3n) is 4.91. The van der Waals surface area contributed by atoms with E-state index < -0.39 is 0 Å². The predicted molar refractivity (Wildman–Crippen MR) is 76.7 cm³/mol. The Morgan fingerprint density at radius 1 is 1.26 bits per heavy atom. The van der Waals surface area contributed by atoms with Crippen LogP contribution in [0.3, 0.4) is 0 Å². The van der Waals surface area contributed by atoms with Gasteiger partial charge < -0.3 is 5.32 Å². The first-order valence-corrected chi connectivity index (χ1v) is 6.97. The molecular weight excluding hydrogens is 236 g/mol. The summed E-state index contributed by atoms with van der Waals surface area (Å²) in [6, 6.07) is 5.99. The third-order valence-corrected chi connectivity index (χ3v) is 4.91. The van der Waals surface area contributed by atoms with Gasteiger partial charge in [0.15, 0.2) is 0 Å². The number of pyridine rings is 1. The van der Waals surface area contributed by atoms with Gasteiger partial charge in [-0.2, -0.15) is 0 Å². The topological polar surface area (TPSA) is 42.0 Å². The second-order valence-corrected chi connectivity index (χ2v) is 6.69. The fourth-order valence-corrected chi connectivity index (χ4v) is 3.01. The highest BCUT2D eigenvalue weighted by atomic mass is 16.2. The Labute approximate surface area is 115 Å². The number of hydrogen-bond acceptors (Lipinski definition) is 2. The van der Waals surface area contributed by atoms with E-state index in [0.29, 0.717) is 6.54 Å². The summed E-state index contributed by atoms with van der Waals surface area (Å²) in [5.41, 5.74) is 2.28. The molecule has 1 amide bonds. The van der Waals surface area contributed by atoms with Crippen LogP contribution < -0.4 is 5.32 Å². The first kappa shape index (κ1) is 14.0. The zero-order valence-electron chi connectivity index (χ0n) is 12.6. The number of nitrogens with one attached hydrogen (secondary N) is 1. The van der Waals surface area contributed by atoms with Crippen molar-refractivity contribution in [3.8, 4) is 0 Å². The Morgan fingerprint density at radius 3 is 2.42 bits per heavy atom. The largest absolute Gasteiger partial charge is 0.355 e. The maximum absolute atomic E-state index is 12.2. The standard InChI is InChI=1S/C16H24N2O/c1-11-7-6-8-12(18-11)9-10-17-14(19)13-15(2,3)16(13,4)5/h6-8,13H,9-10H2,1-5H3,(H,17,19). The van der Waals surface area contributed by atoms with E-state index in [9.17, 15) is 4.79 Å². The summed E-state index contributed by atoms with van der Waals surface area (Å²) in [4.78, 5) is 16.6. The van der Waals surface area contributed by atoms with Gasteiger partial charge in [-0.1, -0.05) is 33.8 Å². The quantitative estimate of drug-likeness (QED) is 0.904. The third kappa shape index (κ3) is 2.51. The van der Waals surface area contributed by atoms with Gasteiger partial charge in [-0.25, -0.2) is 0 Å². The second kappa shape index (κ2) is 4.62. The molecule has 3 nitrogen and oxygen atoms in total. The van der Waals surface area contributed by atoms with Gasteiger partial charge in [0.2, 0.25) is 5.91 Å². The summed E-state index contributed by atoms with van der Waals surface area (Å²) in [5.74, 6) is 0.313. The molecule has 104 valence electrons. The number of aryl methyl sites for hydroxylation is 1. The van der Waals surface area contributed by atoms with Crippen molar-refractivity contribution in [2.45, 2.75) is 41.0 Å². The summed E-state index contributed by atoms with van der Waals surface area (Å²) < 4.78 is 0. The maximum Gasteiger partial charge on any atom is 0.224 e. The first-order chi connectivity index (χ1) is 8.76. The fraction of sp³-hybridized carbons (Fsp3) is 0.625. The zero-order valence-corrected chi connectivity index (χ0v) is 12.6. The molecule has 3 heteroatoms. The van der Waals surface area contributed by atoms with Crippen molar-refractivity contribution in [3.05, 3.63) is 29.6 Å². The molecule has 0 atom stereocenters. The molecule has 2 rings (SSSR count). The molecule has 1 aromatic rings. The van der Waals surface area contributed by atoms with Crippen LogP contribution in [0.5, 0.6) is 0 Å². The number of hydrogen-bond donors (Lipinski definition) is 1. The van der Waals surface area contributed by atoms with Crippen molar-refractivity contribution in [1.82, 2.24) is 10.3 Å². The Bertz CT molecular complexity index is 477. The lowest BCUT2D eigenvalue weighted by Crippen LogP contribution is -2.29. The van der Waals surface area contributed by atoms with Crippen LogP contribution in [0.1, 0.15) is 39.1 Å². The van der Waals surface area contributed by atoms with Crippen molar-refractivity contribution in [2.75, 3.05) is 6.54 Å². The van der Waals surface area contributed by atoms with E-state index in [1.54, 1.807) is 0 Å². The minimum absolute atomic E-state index is 0.110. The van der Waals surface area contributed by atoms with Gasteiger partial charge in [-0.15, -0.1) is 0 Å². The summed E-state index contributed by atoms with van der Waals surface area (Å²) >= 11 is 0. The molecule has 1 N–H and O–H groups in total. The lowest BCUT2D eigenvalue weighted by atomic mass is 10.0. The molecule has 0 spiro atoms. The van der Waals surface area contributed by atoms with Crippen molar-refractivity contribution < 1.29 is 4.79 Å². The summed E-state index contributed by atoms with van der Waals surface area (Å²) in [6.07, 6.45) is 0.793. The molecule has 0 unspecified atom stereocenters. The predicted octanol–water partition coefficient (Wildman–Crippen LogP) is 2.73. The van der Waals surface area contributed by atoms with Crippen molar-refractivity contribution in [3.63, 3.8) is 0 Å². The molecule has 19 heavy (non-hydrogen) atoms. The number of rotatable bonds is 4. The lowest BCUT2D eigenvalue weighted by Gasteiger charge is -2.06. The number of nitrogens with zero attached hydrogens (tertiary/aromatic N) is 1. The van der Waals surface area contributed by atoms with E-state index in [1.165, 1.54) is 0 Å². The summed E-state index contributed by atoms with van der Waals surface area (Å²) in [7, 11) is 0. The van der Waals surface area contributed by atoms with Gasteiger partial charge in [0.1, 0.15) is 0 Å². The maximum atomic E-state index is 12.2. The molecule has 0 radical (unpaired) electrons. The highest BCUT2D eigenvalue weighted by molar-refractivity contribution is 5.84. The summed E-state index contributed by atoms with van der Waals surface area (Å²) in [5, 5.41) is 3.04. The first-order valence-electron chi connectivity index (χ1n) is 6.97. The smallest absolute Gasteiger partial charge is 0.224 e. The highest BCUT2D eigenvalue weighted by Crippen LogP contribution is 2.68. The summed E-state index contributed by atoms with van der Waals surface area (Å²) in [6.45, 7) is 11.3. The Balaban J connectivity index is 1.83. The number of aromatic nitrogens is 1. The zero-order chi connectivity index (χ0) is 14.3. The molecule has 1 aliphatic carbocycles. The average molecular weight is 260 g/mol. The van der Waals surface area contributed by atoms with Crippen LogP contribution in [0.15, 0.2) is 18.2 Å². The molecule has 0 saturated heterocycles. The van der Waals surface area contributed by atoms with Crippen LogP contribution in [-0.2, 0) is 11.2 Å². The van der Waals surface area contributed by atoms with Gasteiger partial charge >= 0.3 is 0 Å². The number of carbonyl (C=O) groups is 1. The monoisotopic (exact) mass is 260 g/mol. The normalized spacial score (nSPS) is 20.1. The van der Waals surface area contributed by atoms with E-state index in [0.717, 1.165) is 17.8 Å². The van der Waals surface area contributed by atoms with E-state index in [4.69, 9.17) is 0 Å². The van der Waals surface area contributed by atoms with Gasteiger partial charge in [0.25, 0.3) is 0 Å². The minimum Gasteiger partial charge on any atom is -0.355 e. The van der Waals surface area contributed by atoms with Gasteiger partial charge in [0, 0.05) is 30.3 Å². The molecule has 0 bridgehead atoms. The molecular formula is C16H24N2O. The number of amides is 1. The van der Waals surface area contributed by atoms with E-state index >= 15 is 0 Å². The highest BCUT2D eigenvalue weighted by Gasteiger charge is 2.68. The Hall–Kier alpha value is -1.38. The molecule has 1 saturated carbocycles. The van der Waals surface area contributed by atoms with Crippen LogP contribution >= 0.6 is 0 Å². The van der Waals surface area contributed by atoms with Crippen LogP contribution in [0.2, 0.25) is 0 Å². The van der Waals surface area contributed by atoms with Gasteiger partial charge in [-0.05, 0) is 29.9 Å². The molecule has 1 aromatic heterocycles. The molecule has 1 aliphatic rings. The van der Waals surface area contributed by atoms with Crippen LogP contribution in [0.25, 0.3) is 0 Å². The fourth-order valence-electron chi connectivity index (χ4n) is 3.01. The van der Waals surface area contributed by atoms with E-state index in [2.05, 4.69) is 38.0 Å². The van der Waals surface area contributed by atoms with Crippen LogP contribution in [-0.4, -0.2) is 17.4 Å². The lowest BCUT2D eigenvalue weighted by molar-refractivity contribution is -0.123. The van der Waals surface area contributed by atoms with Gasteiger partial charge in [0.05, 0.1) is 0 Å². The van der Waals surface area contributed by atoms with Gasteiger partial charge in [-0.3, -0.25) is 9.78 Å². The van der Waals surface area contributed by atoms with E-state index in [-0.39, 0.29) is 22.7 Å². The molecule has 1 fully saturated rings. The van der Waals surface area contributed by atoms with Crippen LogP contribution in [0.4, 0.5) is 0 Å². The Kier molecular flexibility index (Phi) is 3.41. The minimum atomic E-state index is 0.110. The molecule has 0 aliphatic heterocycles. The van der Waals surface area contributed by atoms with Crippen molar-refractivity contribution >= 4 is 5.91 Å². The Morgan fingerprint density at radius 2 is 1.89 bits per heavy atom. The average Bonchev–Trinajstić information content (AvgIpc) is 2.69. The van der Waals surface area contributed by atoms with Crippen molar-refractivity contribution in [2.24, 2.45) is 16.7 Å².